The van der Waals surface area contributed by atoms with E-state index in [1.807, 2.05) is 0 Å². The first-order valence-electron chi connectivity index (χ1n) is 42.1. The molecular formula is C89H152O16P2. The van der Waals surface area contributed by atoms with Crippen LogP contribution in [0, 0.1) is 0 Å². The lowest BCUT2D eigenvalue weighted by molar-refractivity contribution is -0.161. The van der Waals surface area contributed by atoms with Gasteiger partial charge in [0.05, 0.1) is 26.4 Å². The minimum Gasteiger partial charge on any atom is -0.463 e. The molecule has 16 nitrogen and oxygen atoms in total. The van der Waals surface area contributed by atoms with Crippen molar-refractivity contribution < 1.29 is 75.8 Å². The predicted molar refractivity (Wildman–Crippen MR) is 445 cm³/mol. The van der Waals surface area contributed by atoms with Gasteiger partial charge in [0.1, 0.15) is 25.4 Å². The Labute approximate surface area is 651 Å². The number of unbranched alkanes of at least 4 members (excludes halogenated alkanes) is 32. The fourth-order valence-corrected chi connectivity index (χ4v) is 12.8. The molecule has 4 N–H and O–H groups in total. The molecule has 0 heterocycles. The summed E-state index contributed by atoms with van der Waals surface area (Å²) < 4.78 is 61.3. The largest absolute Gasteiger partial charge is 0.472 e. The highest BCUT2D eigenvalue weighted by Crippen LogP contribution is 2.45. The third kappa shape index (κ3) is 82.2. The normalized spacial score (nSPS) is 14.6. The highest BCUT2D eigenvalue weighted by molar-refractivity contribution is 7.47. The lowest BCUT2D eigenvalue weighted by Crippen LogP contribution is -2.30. The van der Waals surface area contributed by atoms with Crippen LogP contribution in [-0.2, 0) is 55.8 Å². The number of hydrogen-bond acceptors (Lipinski definition) is 14. The number of aliphatic hydroxyl groups excluding tert-OH is 2. The molecule has 5 unspecified atom stereocenters. The molecule has 0 aliphatic rings. The molecule has 0 aliphatic carbocycles. The summed E-state index contributed by atoms with van der Waals surface area (Å²) in [5.74, 6) is -1.59. The number of rotatable bonds is 79. The van der Waals surface area contributed by atoms with Crippen LogP contribution in [0.4, 0.5) is 0 Å². The van der Waals surface area contributed by atoms with Crippen molar-refractivity contribution in [3.8, 4) is 0 Å². The molecule has 0 spiro atoms. The van der Waals surface area contributed by atoms with Gasteiger partial charge in [0.25, 0.3) is 0 Å². The third-order valence-electron chi connectivity index (χ3n) is 17.5. The maximum Gasteiger partial charge on any atom is 0.472 e. The Hall–Kier alpha value is -4.57. The van der Waals surface area contributed by atoms with Gasteiger partial charge in [-0.15, -0.1) is 0 Å². The van der Waals surface area contributed by atoms with E-state index in [1.54, 1.807) is 0 Å². The Bertz CT molecular complexity index is 2530. The van der Waals surface area contributed by atoms with Crippen molar-refractivity contribution >= 4 is 33.6 Å². The fraction of sp³-hybridized carbons (Fsp3) is 0.697. The average Bonchev–Trinajstić information content (AvgIpc) is 0.913. The molecule has 0 amide bonds. The minimum atomic E-state index is -4.94. The van der Waals surface area contributed by atoms with Crippen LogP contribution in [0.15, 0.2) is 146 Å². The molecule has 18 heteroatoms. The number of carbonyl (C=O) groups is 3. The highest BCUT2D eigenvalue weighted by atomic mass is 31.2. The number of carbonyl (C=O) groups excluding carboxylic acids is 3. The first kappa shape index (κ1) is 102. The van der Waals surface area contributed by atoms with Crippen molar-refractivity contribution in [1.29, 1.82) is 0 Å². The van der Waals surface area contributed by atoms with E-state index in [-0.39, 0.29) is 19.3 Å². The molecule has 0 aromatic carbocycles. The summed E-state index contributed by atoms with van der Waals surface area (Å²) in [6, 6.07) is 0. The van der Waals surface area contributed by atoms with Gasteiger partial charge in [-0.2, -0.15) is 0 Å². The Morgan fingerprint density at radius 3 is 0.794 bits per heavy atom. The number of aliphatic hydroxyl groups is 2. The second kappa shape index (κ2) is 80.9. The van der Waals surface area contributed by atoms with Gasteiger partial charge >= 0.3 is 33.6 Å². The van der Waals surface area contributed by atoms with Crippen LogP contribution in [0.3, 0.4) is 0 Å². The maximum atomic E-state index is 13.0. The van der Waals surface area contributed by atoms with Crippen molar-refractivity contribution in [2.75, 3.05) is 39.6 Å². The summed E-state index contributed by atoms with van der Waals surface area (Å²) in [4.78, 5) is 58.8. The number of hydrogen-bond donors (Lipinski definition) is 4. The molecular weight excluding hydrogens is 1390 g/mol. The Balaban J connectivity index is 4.55. The van der Waals surface area contributed by atoms with Gasteiger partial charge in [0, 0.05) is 19.3 Å². The molecule has 0 bridgehead atoms. The summed E-state index contributed by atoms with van der Waals surface area (Å²) in [7, 11) is -9.80. The summed E-state index contributed by atoms with van der Waals surface area (Å²) in [6.45, 7) is 2.45. The number of esters is 3. The van der Waals surface area contributed by atoms with Gasteiger partial charge in [-0.3, -0.25) is 32.5 Å². The summed E-state index contributed by atoms with van der Waals surface area (Å²) in [5.41, 5.74) is 0. The monoisotopic (exact) mass is 1540 g/mol. The summed E-state index contributed by atoms with van der Waals surface area (Å²) >= 11 is 0. The quantitative estimate of drug-likeness (QED) is 0.0146. The van der Waals surface area contributed by atoms with Gasteiger partial charge in [-0.25, -0.2) is 9.13 Å². The fourth-order valence-electron chi connectivity index (χ4n) is 11.2. The number of allylic oxidation sites excluding steroid dienone is 24. The van der Waals surface area contributed by atoms with E-state index in [4.69, 9.17) is 32.3 Å². The first-order valence-corrected chi connectivity index (χ1v) is 45.1. The zero-order chi connectivity index (χ0) is 78.0. The SMILES string of the molecule is CC/C=C\C/C=C\C/C=C\C/C=C\C/C=C\C/C=C\CCCCCCCCCCC(=O)OCC(COP(=O)(O)OCC(O)COP(=O)(O)OCC(O)COC(=O)CCCCCCCCCCCCCCC/C=C\C/C=C\C/C=C\C/C=C\C/C=C\CC)OC(=O)CCCCCCC/C=C\CCCCCCCC. The number of ether oxygens (including phenoxy) is 3. The van der Waals surface area contributed by atoms with Crippen molar-refractivity contribution in [3.05, 3.63) is 146 Å². The molecule has 0 rings (SSSR count). The molecule has 0 saturated carbocycles. The van der Waals surface area contributed by atoms with E-state index >= 15 is 0 Å². The Morgan fingerprint density at radius 2 is 0.495 bits per heavy atom. The highest BCUT2D eigenvalue weighted by Gasteiger charge is 2.29. The predicted octanol–water partition coefficient (Wildman–Crippen LogP) is 25.2. The van der Waals surface area contributed by atoms with Crippen molar-refractivity contribution in [2.24, 2.45) is 0 Å². The molecule has 614 valence electrons. The molecule has 0 aromatic heterocycles. The van der Waals surface area contributed by atoms with Crippen LogP contribution in [0.25, 0.3) is 0 Å². The van der Waals surface area contributed by atoms with E-state index < -0.39 is 91.5 Å². The zero-order valence-electron chi connectivity index (χ0n) is 67.3. The lowest BCUT2D eigenvalue weighted by atomic mass is 10.0. The van der Waals surface area contributed by atoms with Crippen LogP contribution >= 0.6 is 15.6 Å². The van der Waals surface area contributed by atoms with E-state index in [0.717, 1.165) is 173 Å². The average molecular weight is 1540 g/mol. The van der Waals surface area contributed by atoms with E-state index in [1.165, 1.54) is 109 Å². The third-order valence-corrected chi connectivity index (χ3v) is 19.4. The van der Waals surface area contributed by atoms with Crippen molar-refractivity contribution in [1.82, 2.24) is 0 Å². The number of phosphoric ester groups is 2. The molecule has 0 radical (unpaired) electrons. The maximum absolute atomic E-state index is 13.0. The Morgan fingerprint density at radius 1 is 0.271 bits per heavy atom. The van der Waals surface area contributed by atoms with Crippen molar-refractivity contribution in [2.45, 2.75) is 360 Å². The molecule has 0 aromatic rings. The molecule has 0 fully saturated rings. The van der Waals surface area contributed by atoms with Gasteiger partial charge in [-0.05, 0) is 141 Å². The second-order valence-electron chi connectivity index (χ2n) is 27.9. The van der Waals surface area contributed by atoms with E-state index in [2.05, 4.69) is 167 Å². The smallest absolute Gasteiger partial charge is 0.463 e. The van der Waals surface area contributed by atoms with Gasteiger partial charge in [0.15, 0.2) is 6.10 Å². The minimum absolute atomic E-state index is 0.0905. The van der Waals surface area contributed by atoms with Gasteiger partial charge in [-0.1, -0.05) is 327 Å². The molecule has 5 atom stereocenters. The van der Waals surface area contributed by atoms with Crippen LogP contribution in [-0.4, -0.2) is 95.9 Å². The van der Waals surface area contributed by atoms with Crippen LogP contribution in [0.5, 0.6) is 0 Å². The number of phosphoric acid groups is 2. The lowest BCUT2D eigenvalue weighted by Gasteiger charge is -2.21. The van der Waals surface area contributed by atoms with Gasteiger partial charge < -0.3 is 34.2 Å². The van der Waals surface area contributed by atoms with Crippen LogP contribution in [0.2, 0.25) is 0 Å². The zero-order valence-corrected chi connectivity index (χ0v) is 69.1. The van der Waals surface area contributed by atoms with Crippen LogP contribution < -0.4 is 0 Å². The van der Waals surface area contributed by atoms with E-state index in [9.17, 15) is 43.5 Å². The standard InChI is InChI=1S/C89H152O16P2/c1-4-7-10-13-16-19-22-25-28-30-32-34-36-38-40-41-43-45-46-48-50-52-55-57-60-63-66-69-72-75-87(92)99-78-84(90)79-101-106(95,96)102-80-85(91)81-103-107(97,98)104-83-86(105-89(94)77-74-71-68-65-62-59-54-27-24-21-18-15-12-9-6-3)82-100-88(93)76-73-70-67-64-61-58-56-53-51-49-47-44-42-39-37-35-33-31-29-26-23-20-17-14-11-8-5-2/h7-8,10-11,16-17,19-20,25-29,32-35,38-40,42,47,49,54,84-86,90-91H,4-6,9,12-15,18,21-24,30-31,36-37,41,43-46,48,50-53,55-83H2,1-3H3,(H,95,96)(H,97,98)/b10-7-,11-8-,19-16-,20-17-,28-25-,29-26-,34-32-,35-33-,40-38-,42-39-,49-47-,54-27-. The first-order chi connectivity index (χ1) is 52.2. The molecule has 0 saturated heterocycles. The summed E-state index contributed by atoms with van der Waals surface area (Å²) in [5, 5.41) is 20.7. The van der Waals surface area contributed by atoms with Gasteiger partial charge in [0.2, 0.25) is 0 Å². The molecule has 107 heavy (non-hydrogen) atoms. The molecule has 0 aliphatic heterocycles. The Kier molecular flexibility index (Phi) is 77.5. The van der Waals surface area contributed by atoms with E-state index in [0.29, 0.717) is 19.3 Å². The topological polar surface area (TPSA) is 231 Å². The summed E-state index contributed by atoms with van der Waals surface area (Å²) in [6.07, 6.45) is 100. The van der Waals surface area contributed by atoms with Crippen LogP contribution in [0.1, 0.15) is 342 Å². The van der Waals surface area contributed by atoms with Crippen molar-refractivity contribution in [3.63, 3.8) is 0 Å². The second-order valence-corrected chi connectivity index (χ2v) is 30.8.